The highest BCUT2D eigenvalue weighted by Gasteiger charge is 2.15. The number of methoxy groups -OCH3 is 1. The van der Waals surface area contributed by atoms with Crippen LogP contribution in [0.3, 0.4) is 0 Å². The SMILES string of the molecule is CNC(c1ccc(CCOC)cc1)c1ccc(Cl)cc1Br. The van der Waals surface area contributed by atoms with Gasteiger partial charge in [-0.3, -0.25) is 0 Å². The zero-order chi connectivity index (χ0) is 15.2. The summed E-state index contributed by atoms with van der Waals surface area (Å²) in [6.45, 7) is 0.748. The van der Waals surface area contributed by atoms with Crippen LogP contribution in [-0.4, -0.2) is 20.8 Å². The van der Waals surface area contributed by atoms with Gasteiger partial charge in [0.25, 0.3) is 0 Å². The van der Waals surface area contributed by atoms with Gasteiger partial charge < -0.3 is 10.1 Å². The van der Waals surface area contributed by atoms with E-state index in [1.54, 1.807) is 7.11 Å². The van der Waals surface area contributed by atoms with Crippen LogP contribution < -0.4 is 5.32 Å². The summed E-state index contributed by atoms with van der Waals surface area (Å²) in [4.78, 5) is 0. The number of hydrogen-bond acceptors (Lipinski definition) is 2. The number of ether oxygens (including phenoxy) is 1. The zero-order valence-electron chi connectivity index (χ0n) is 12.2. The van der Waals surface area contributed by atoms with E-state index in [0.717, 1.165) is 22.5 Å². The van der Waals surface area contributed by atoms with Gasteiger partial charge >= 0.3 is 0 Å². The van der Waals surface area contributed by atoms with Gasteiger partial charge in [-0.15, -0.1) is 0 Å². The fraction of sp³-hybridized carbons (Fsp3) is 0.294. The Labute approximate surface area is 139 Å². The molecule has 0 heterocycles. The van der Waals surface area contributed by atoms with Gasteiger partial charge in [0.1, 0.15) is 0 Å². The summed E-state index contributed by atoms with van der Waals surface area (Å²) in [6, 6.07) is 14.7. The van der Waals surface area contributed by atoms with Gasteiger partial charge in [0.2, 0.25) is 0 Å². The Kier molecular flexibility index (Phi) is 6.24. The van der Waals surface area contributed by atoms with Gasteiger partial charge in [0, 0.05) is 16.6 Å². The summed E-state index contributed by atoms with van der Waals surface area (Å²) in [5, 5.41) is 4.09. The van der Waals surface area contributed by atoms with Gasteiger partial charge in [-0.1, -0.05) is 57.9 Å². The fourth-order valence-corrected chi connectivity index (χ4v) is 3.25. The van der Waals surface area contributed by atoms with Crippen molar-refractivity contribution in [1.29, 1.82) is 0 Å². The Morgan fingerprint density at radius 2 is 1.90 bits per heavy atom. The minimum atomic E-state index is 0.133. The summed E-state index contributed by atoms with van der Waals surface area (Å²) < 4.78 is 6.12. The fourth-order valence-electron chi connectivity index (χ4n) is 2.33. The standard InChI is InChI=1S/C17H19BrClNO/c1-20-17(15-8-7-14(19)11-16(15)18)13-5-3-12(4-6-13)9-10-21-2/h3-8,11,17,20H,9-10H2,1-2H3. The molecule has 0 aliphatic carbocycles. The Morgan fingerprint density at radius 1 is 1.19 bits per heavy atom. The second kappa shape index (κ2) is 7.95. The van der Waals surface area contributed by atoms with Crippen LogP contribution in [0.5, 0.6) is 0 Å². The van der Waals surface area contributed by atoms with Crippen LogP contribution in [0.15, 0.2) is 46.9 Å². The Hall–Kier alpha value is -0.870. The monoisotopic (exact) mass is 367 g/mol. The van der Waals surface area contributed by atoms with Crippen molar-refractivity contribution in [3.05, 3.63) is 68.7 Å². The van der Waals surface area contributed by atoms with Crippen LogP contribution in [0.25, 0.3) is 0 Å². The number of rotatable bonds is 6. The highest BCUT2D eigenvalue weighted by atomic mass is 79.9. The molecule has 1 N–H and O–H groups in total. The maximum Gasteiger partial charge on any atom is 0.0585 e. The van der Waals surface area contributed by atoms with Crippen LogP contribution in [0.1, 0.15) is 22.7 Å². The van der Waals surface area contributed by atoms with Crippen LogP contribution in [0.4, 0.5) is 0 Å². The Bertz CT molecular complexity index is 586. The molecular weight excluding hydrogens is 350 g/mol. The van der Waals surface area contributed by atoms with Gasteiger partial charge in [0.15, 0.2) is 0 Å². The topological polar surface area (TPSA) is 21.3 Å². The van der Waals surface area contributed by atoms with E-state index in [4.69, 9.17) is 16.3 Å². The molecule has 4 heteroatoms. The van der Waals surface area contributed by atoms with E-state index in [9.17, 15) is 0 Å². The van der Waals surface area contributed by atoms with Crippen molar-refractivity contribution >= 4 is 27.5 Å². The second-order valence-corrected chi connectivity index (χ2v) is 6.16. The highest BCUT2D eigenvalue weighted by molar-refractivity contribution is 9.10. The third-order valence-electron chi connectivity index (χ3n) is 3.47. The molecule has 0 aliphatic heterocycles. The molecule has 0 radical (unpaired) electrons. The van der Waals surface area contributed by atoms with Gasteiger partial charge in [-0.05, 0) is 42.3 Å². The van der Waals surface area contributed by atoms with Crippen molar-refractivity contribution in [2.24, 2.45) is 0 Å². The molecule has 0 saturated heterocycles. The quantitative estimate of drug-likeness (QED) is 0.804. The summed E-state index contributed by atoms with van der Waals surface area (Å²) in [6.07, 6.45) is 0.936. The van der Waals surface area contributed by atoms with Crippen molar-refractivity contribution in [3.63, 3.8) is 0 Å². The van der Waals surface area contributed by atoms with Gasteiger partial charge in [0.05, 0.1) is 12.6 Å². The predicted octanol–water partition coefficient (Wildman–Crippen LogP) is 4.60. The average Bonchev–Trinajstić information content (AvgIpc) is 2.49. The lowest BCUT2D eigenvalue weighted by molar-refractivity contribution is 0.202. The molecule has 0 amide bonds. The van der Waals surface area contributed by atoms with E-state index in [1.807, 2.05) is 25.2 Å². The van der Waals surface area contributed by atoms with E-state index < -0.39 is 0 Å². The Balaban J connectivity index is 2.24. The van der Waals surface area contributed by atoms with E-state index in [1.165, 1.54) is 16.7 Å². The lowest BCUT2D eigenvalue weighted by Gasteiger charge is -2.19. The molecule has 2 aromatic carbocycles. The second-order valence-electron chi connectivity index (χ2n) is 4.87. The first kappa shape index (κ1) is 16.5. The normalized spacial score (nSPS) is 12.4. The molecule has 2 rings (SSSR count). The summed E-state index contributed by atoms with van der Waals surface area (Å²) in [5.41, 5.74) is 3.68. The molecule has 21 heavy (non-hydrogen) atoms. The minimum absolute atomic E-state index is 0.133. The molecule has 0 aromatic heterocycles. The molecule has 2 aromatic rings. The first-order valence-corrected chi connectivity index (χ1v) is 8.02. The van der Waals surface area contributed by atoms with Crippen LogP contribution >= 0.6 is 27.5 Å². The molecule has 0 spiro atoms. The minimum Gasteiger partial charge on any atom is -0.384 e. The summed E-state index contributed by atoms with van der Waals surface area (Å²) >= 11 is 9.61. The number of halogens is 2. The molecule has 0 bridgehead atoms. The van der Waals surface area contributed by atoms with Crippen molar-refractivity contribution < 1.29 is 4.74 Å². The molecule has 2 nitrogen and oxygen atoms in total. The van der Waals surface area contributed by atoms with Gasteiger partial charge in [-0.25, -0.2) is 0 Å². The van der Waals surface area contributed by atoms with Crippen molar-refractivity contribution in [1.82, 2.24) is 5.32 Å². The molecule has 1 atom stereocenters. The third kappa shape index (κ3) is 4.30. The summed E-state index contributed by atoms with van der Waals surface area (Å²) in [5.74, 6) is 0. The number of hydrogen-bond donors (Lipinski definition) is 1. The average molecular weight is 369 g/mol. The molecule has 0 fully saturated rings. The highest BCUT2D eigenvalue weighted by Crippen LogP contribution is 2.30. The first-order valence-electron chi connectivity index (χ1n) is 6.85. The zero-order valence-corrected chi connectivity index (χ0v) is 14.5. The predicted molar refractivity (Wildman–Crippen MR) is 92.1 cm³/mol. The maximum absolute atomic E-state index is 6.02. The molecular formula is C17H19BrClNO. The molecule has 0 aliphatic rings. The molecule has 1 unspecified atom stereocenters. The maximum atomic E-state index is 6.02. The van der Waals surface area contributed by atoms with E-state index in [-0.39, 0.29) is 6.04 Å². The van der Waals surface area contributed by atoms with Gasteiger partial charge in [-0.2, -0.15) is 0 Å². The van der Waals surface area contributed by atoms with Crippen LogP contribution in [0, 0.1) is 0 Å². The lowest BCUT2D eigenvalue weighted by Crippen LogP contribution is -2.18. The third-order valence-corrected chi connectivity index (χ3v) is 4.39. The van der Waals surface area contributed by atoms with E-state index in [2.05, 4.69) is 45.5 Å². The molecule has 0 saturated carbocycles. The Morgan fingerprint density at radius 3 is 2.48 bits per heavy atom. The number of nitrogens with one attached hydrogen (secondary N) is 1. The van der Waals surface area contributed by atoms with Crippen LogP contribution in [0.2, 0.25) is 5.02 Å². The van der Waals surface area contributed by atoms with Crippen molar-refractivity contribution in [2.45, 2.75) is 12.5 Å². The number of benzene rings is 2. The van der Waals surface area contributed by atoms with E-state index in [0.29, 0.717) is 0 Å². The van der Waals surface area contributed by atoms with Crippen molar-refractivity contribution in [3.8, 4) is 0 Å². The first-order chi connectivity index (χ1) is 10.2. The summed E-state index contributed by atoms with van der Waals surface area (Å²) in [7, 11) is 3.69. The lowest BCUT2D eigenvalue weighted by atomic mass is 9.97. The van der Waals surface area contributed by atoms with E-state index >= 15 is 0 Å². The van der Waals surface area contributed by atoms with Crippen LogP contribution in [-0.2, 0) is 11.2 Å². The largest absolute Gasteiger partial charge is 0.384 e. The smallest absolute Gasteiger partial charge is 0.0585 e. The van der Waals surface area contributed by atoms with Crippen molar-refractivity contribution in [2.75, 3.05) is 20.8 Å². The molecule has 112 valence electrons.